The Morgan fingerprint density at radius 1 is 0.974 bits per heavy atom. The van der Waals surface area contributed by atoms with Gasteiger partial charge in [0.1, 0.15) is 17.4 Å². The molecular weight excluding hydrogens is 492 g/mol. The maximum Gasteiger partial charge on any atom is 0.266 e. The summed E-state index contributed by atoms with van der Waals surface area (Å²) in [5.41, 5.74) is 10.0. The molecule has 0 aliphatic rings. The van der Waals surface area contributed by atoms with Crippen LogP contribution >= 0.6 is 0 Å². The number of H-pyrrole nitrogens is 1. The zero-order chi connectivity index (χ0) is 26.8. The molecule has 1 unspecified atom stereocenters. The number of nitrogen functional groups attached to an aromatic ring is 1. The van der Waals surface area contributed by atoms with Gasteiger partial charge in [-0.2, -0.15) is 9.97 Å². The van der Waals surface area contributed by atoms with Gasteiger partial charge >= 0.3 is 0 Å². The van der Waals surface area contributed by atoms with Crippen LogP contribution in [0.25, 0.3) is 27.8 Å². The number of rotatable bonds is 8. The number of hydrogen-bond donors (Lipinski definition) is 3. The summed E-state index contributed by atoms with van der Waals surface area (Å²) in [4.78, 5) is 35.0. The molecular formula is C29H26N8O2. The largest absolute Gasteiger partial charge is 0.374 e. The van der Waals surface area contributed by atoms with Crippen molar-refractivity contribution >= 4 is 33.8 Å². The third-order valence-electron chi connectivity index (χ3n) is 6.46. The van der Waals surface area contributed by atoms with Crippen LogP contribution in [-0.4, -0.2) is 36.1 Å². The molecule has 0 spiro atoms. The van der Waals surface area contributed by atoms with Gasteiger partial charge in [-0.15, -0.1) is 0 Å². The lowest BCUT2D eigenvalue weighted by Crippen LogP contribution is -2.31. The molecule has 0 radical (unpaired) electrons. The van der Waals surface area contributed by atoms with Crippen LogP contribution in [0.2, 0.25) is 0 Å². The van der Waals surface area contributed by atoms with Gasteiger partial charge in [0.25, 0.3) is 5.56 Å². The number of anilines is 2. The van der Waals surface area contributed by atoms with Crippen molar-refractivity contribution in [1.82, 2.24) is 29.5 Å². The molecule has 10 heteroatoms. The van der Waals surface area contributed by atoms with Gasteiger partial charge in [-0.3, -0.25) is 9.36 Å². The molecule has 3 heterocycles. The number of fused-ring (bicyclic) bond motifs is 2. The minimum Gasteiger partial charge on any atom is -0.374 e. The highest BCUT2D eigenvalue weighted by Gasteiger charge is 2.24. The molecule has 0 amide bonds. The number of para-hydroxylation sites is 1. The Kier molecular flexibility index (Phi) is 6.44. The third kappa shape index (κ3) is 4.80. The molecule has 4 N–H and O–H groups in total. The molecule has 1 atom stereocenters. The molecule has 6 rings (SSSR count). The highest BCUT2D eigenvalue weighted by Crippen LogP contribution is 2.26. The van der Waals surface area contributed by atoms with Crippen molar-refractivity contribution in [3.05, 3.63) is 112 Å². The maximum atomic E-state index is 14.0. The van der Waals surface area contributed by atoms with Gasteiger partial charge < -0.3 is 20.8 Å². The first-order chi connectivity index (χ1) is 19.1. The van der Waals surface area contributed by atoms with E-state index in [1.165, 1.54) is 6.33 Å². The van der Waals surface area contributed by atoms with E-state index in [4.69, 9.17) is 15.5 Å². The van der Waals surface area contributed by atoms with E-state index in [2.05, 4.69) is 25.3 Å². The Morgan fingerprint density at radius 2 is 1.74 bits per heavy atom. The lowest BCUT2D eigenvalue weighted by Gasteiger charge is -2.23. The molecule has 194 valence electrons. The van der Waals surface area contributed by atoms with Crippen molar-refractivity contribution < 1.29 is 4.74 Å². The Hall–Kier alpha value is -5.09. The van der Waals surface area contributed by atoms with Crippen LogP contribution in [0.4, 0.5) is 11.8 Å². The second-order valence-electron chi connectivity index (χ2n) is 9.14. The number of aryl methyl sites for hydroxylation is 1. The summed E-state index contributed by atoms with van der Waals surface area (Å²) in [6.45, 7) is 2.48. The molecule has 6 aromatic rings. The molecule has 3 aromatic heterocycles. The van der Waals surface area contributed by atoms with Gasteiger partial charge in [-0.05, 0) is 36.2 Å². The minimum absolute atomic E-state index is 0.0840. The number of nitrogens with zero attached hydrogens (tertiary/aromatic N) is 5. The standard InChI is InChI=1S/C29H26N8O2/c1-18-9-8-14-21-23(18)28(38)37(20-12-6-3-7-13-20)27(34-21)22(16-39-15-19-10-4-2-5-11-19)33-26-24-25(32-17-31-24)35-29(30)36-26/h2-14,17,22H,15-16H2,1H3,(H4,30,31,32,33,35,36). The lowest BCUT2D eigenvalue weighted by atomic mass is 10.1. The van der Waals surface area contributed by atoms with E-state index in [9.17, 15) is 4.79 Å². The predicted molar refractivity (Wildman–Crippen MR) is 151 cm³/mol. The van der Waals surface area contributed by atoms with Gasteiger partial charge in [-0.25, -0.2) is 9.97 Å². The van der Waals surface area contributed by atoms with Gasteiger partial charge in [0, 0.05) is 0 Å². The van der Waals surface area contributed by atoms with Gasteiger partial charge in [0.2, 0.25) is 5.95 Å². The van der Waals surface area contributed by atoms with Crippen LogP contribution in [0.5, 0.6) is 0 Å². The average Bonchev–Trinajstić information content (AvgIpc) is 3.42. The summed E-state index contributed by atoms with van der Waals surface area (Å²) in [6, 6.07) is 24.4. The number of nitrogens with one attached hydrogen (secondary N) is 2. The summed E-state index contributed by atoms with van der Waals surface area (Å²) in [5, 5.41) is 3.97. The molecule has 0 saturated heterocycles. The summed E-state index contributed by atoms with van der Waals surface area (Å²) >= 11 is 0. The predicted octanol–water partition coefficient (Wildman–Crippen LogP) is 4.31. The number of hydrogen-bond acceptors (Lipinski definition) is 8. The number of aromatic amines is 1. The van der Waals surface area contributed by atoms with Crippen LogP contribution in [-0.2, 0) is 11.3 Å². The third-order valence-corrected chi connectivity index (χ3v) is 6.46. The minimum atomic E-state index is -0.597. The van der Waals surface area contributed by atoms with Crippen molar-refractivity contribution in [2.45, 2.75) is 19.6 Å². The van der Waals surface area contributed by atoms with Crippen LogP contribution in [0, 0.1) is 6.92 Å². The van der Waals surface area contributed by atoms with Crippen LogP contribution in [0.15, 0.2) is 90.0 Å². The van der Waals surface area contributed by atoms with Gasteiger partial charge in [0.05, 0.1) is 36.1 Å². The summed E-state index contributed by atoms with van der Waals surface area (Å²) in [6.07, 6.45) is 1.53. The molecule has 0 aliphatic carbocycles. The van der Waals surface area contributed by atoms with E-state index in [1.807, 2.05) is 85.8 Å². The Balaban J connectivity index is 1.51. The Morgan fingerprint density at radius 3 is 2.54 bits per heavy atom. The first-order valence-corrected chi connectivity index (χ1v) is 12.5. The summed E-state index contributed by atoms with van der Waals surface area (Å²) in [5.74, 6) is 0.962. The molecule has 39 heavy (non-hydrogen) atoms. The number of nitrogens with two attached hydrogens (primary N) is 1. The van der Waals surface area contributed by atoms with Gasteiger partial charge in [0.15, 0.2) is 11.5 Å². The van der Waals surface area contributed by atoms with Crippen LogP contribution in [0.1, 0.15) is 23.0 Å². The fourth-order valence-electron chi connectivity index (χ4n) is 4.64. The first-order valence-electron chi connectivity index (χ1n) is 12.5. The quantitative estimate of drug-likeness (QED) is 0.271. The number of aromatic nitrogens is 6. The first kappa shape index (κ1) is 24.3. The fourth-order valence-corrected chi connectivity index (χ4v) is 4.64. The van der Waals surface area contributed by atoms with Gasteiger partial charge in [-0.1, -0.05) is 60.7 Å². The zero-order valence-corrected chi connectivity index (χ0v) is 21.2. The molecule has 3 aromatic carbocycles. The highest BCUT2D eigenvalue weighted by molar-refractivity contribution is 5.84. The topological polar surface area (TPSA) is 137 Å². The molecule has 0 saturated carbocycles. The van der Waals surface area contributed by atoms with E-state index in [0.29, 0.717) is 46.0 Å². The summed E-state index contributed by atoms with van der Waals surface area (Å²) < 4.78 is 7.81. The van der Waals surface area contributed by atoms with Crippen LogP contribution in [0.3, 0.4) is 0 Å². The second kappa shape index (κ2) is 10.3. The molecule has 10 nitrogen and oxygen atoms in total. The maximum absolute atomic E-state index is 14.0. The number of ether oxygens (including phenoxy) is 1. The highest BCUT2D eigenvalue weighted by atomic mass is 16.5. The van der Waals surface area contributed by atoms with E-state index < -0.39 is 6.04 Å². The van der Waals surface area contributed by atoms with Crippen molar-refractivity contribution in [1.29, 1.82) is 0 Å². The van der Waals surface area contributed by atoms with E-state index >= 15 is 0 Å². The normalized spacial score (nSPS) is 12.1. The monoisotopic (exact) mass is 518 g/mol. The molecule has 0 aliphatic heterocycles. The summed E-state index contributed by atoms with van der Waals surface area (Å²) in [7, 11) is 0. The average molecular weight is 519 g/mol. The van der Waals surface area contributed by atoms with Crippen molar-refractivity contribution in [3.63, 3.8) is 0 Å². The Labute approximate surface area is 223 Å². The molecule has 0 fully saturated rings. The van der Waals surface area contributed by atoms with E-state index in [-0.39, 0.29) is 18.1 Å². The van der Waals surface area contributed by atoms with Crippen LogP contribution < -0.4 is 16.6 Å². The lowest BCUT2D eigenvalue weighted by molar-refractivity contribution is 0.110. The van der Waals surface area contributed by atoms with E-state index in [1.54, 1.807) is 4.57 Å². The SMILES string of the molecule is Cc1cccc2nc(C(COCc3ccccc3)Nc3nc(N)nc4[nH]cnc34)n(-c3ccccc3)c(=O)c12. The van der Waals surface area contributed by atoms with Crippen molar-refractivity contribution in [3.8, 4) is 5.69 Å². The second-order valence-corrected chi connectivity index (χ2v) is 9.14. The number of imidazole rings is 1. The zero-order valence-electron chi connectivity index (χ0n) is 21.2. The number of benzene rings is 3. The van der Waals surface area contributed by atoms with Crippen molar-refractivity contribution in [2.24, 2.45) is 0 Å². The van der Waals surface area contributed by atoms with Crippen molar-refractivity contribution in [2.75, 3.05) is 17.7 Å². The smallest absolute Gasteiger partial charge is 0.266 e. The Bertz CT molecular complexity index is 1820. The fraction of sp³-hybridized carbons (Fsp3) is 0.138. The molecule has 0 bridgehead atoms. The van der Waals surface area contributed by atoms with E-state index in [0.717, 1.165) is 11.1 Å².